The first-order chi connectivity index (χ1) is 11.8. The lowest BCUT2D eigenvalue weighted by Crippen LogP contribution is -2.48. The zero-order chi connectivity index (χ0) is 21.2. The molecule has 0 aromatic carbocycles. The predicted molar refractivity (Wildman–Crippen MR) is 75.5 cm³/mol. The van der Waals surface area contributed by atoms with Crippen molar-refractivity contribution in [2.75, 3.05) is 0 Å². The molecule has 152 valence electrons. The van der Waals surface area contributed by atoms with Gasteiger partial charge in [0.05, 0.1) is 0 Å². The van der Waals surface area contributed by atoms with Crippen molar-refractivity contribution in [2.24, 2.45) is 0 Å². The number of carbonyl (C=O) groups excluding carboxylic acids is 2. The summed E-state index contributed by atoms with van der Waals surface area (Å²) in [7, 11) is 0. The van der Waals surface area contributed by atoms with Gasteiger partial charge in [0.15, 0.2) is 24.8 Å². The van der Waals surface area contributed by atoms with Crippen LogP contribution in [0.3, 0.4) is 0 Å². The maximum atomic E-state index is 10.1. The number of aldehydes is 2. The summed E-state index contributed by atoms with van der Waals surface area (Å²) in [5.74, 6) is -3.52. The van der Waals surface area contributed by atoms with Crippen LogP contribution in [0.25, 0.3) is 0 Å². The summed E-state index contributed by atoms with van der Waals surface area (Å²) in [6.07, 6.45) is -16.8. The lowest BCUT2D eigenvalue weighted by atomic mass is 10.0. The Morgan fingerprint density at radius 3 is 0.923 bits per heavy atom. The van der Waals surface area contributed by atoms with Crippen LogP contribution < -0.4 is 0 Å². The van der Waals surface area contributed by atoms with E-state index in [9.17, 15) is 19.2 Å². The highest BCUT2D eigenvalue weighted by Crippen LogP contribution is 2.04. The first kappa shape index (κ1) is 26.2. The van der Waals surface area contributed by atoms with Crippen molar-refractivity contribution in [3.8, 4) is 0 Å². The van der Waals surface area contributed by atoms with E-state index in [1.807, 2.05) is 0 Å². The van der Waals surface area contributed by atoms with Crippen molar-refractivity contribution < 1.29 is 70.2 Å². The van der Waals surface area contributed by atoms with E-state index < -0.39 is 60.8 Å². The van der Waals surface area contributed by atoms with E-state index in [0.29, 0.717) is 0 Å². The van der Waals surface area contributed by atoms with Crippen molar-refractivity contribution in [3.05, 3.63) is 0 Å². The third-order valence-corrected chi connectivity index (χ3v) is 2.83. The molecule has 0 rings (SSSR count). The zero-order valence-electron chi connectivity index (χ0n) is 12.9. The smallest absolute Gasteiger partial charge is 0.335 e. The third-order valence-electron chi connectivity index (χ3n) is 2.83. The molecule has 0 heterocycles. The lowest BCUT2D eigenvalue weighted by molar-refractivity contribution is -0.164. The van der Waals surface area contributed by atoms with Gasteiger partial charge in [0, 0.05) is 0 Å². The second-order valence-electron chi connectivity index (χ2n) is 4.78. The zero-order valence-corrected chi connectivity index (χ0v) is 12.9. The number of aliphatic carboxylic acids is 2. The number of carboxylic acid groups (broad SMARTS) is 2. The van der Waals surface area contributed by atoms with E-state index in [1.54, 1.807) is 0 Å². The average Bonchev–Trinajstić information content (AvgIpc) is 2.62. The largest absolute Gasteiger partial charge is 0.479 e. The van der Waals surface area contributed by atoms with E-state index >= 15 is 0 Å². The number of rotatable bonds is 10. The fourth-order valence-electron chi connectivity index (χ4n) is 1.23. The summed E-state index contributed by atoms with van der Waals surface area (Å²) < 4.78 is 0. The van der Waals surface area contributed by atoms with Gasteiger partial charge in [-0.1, -0.05) is 0 Å². The van der Waals surface area contributed by atoms with Crippen molar-refractivity contribution in [3.63, 3.8) is 0 Å². The van der Waals surface area contributed by atoms with Gasteiger partial charge in [0.2, 0.25) is 0 Å². The first-order valence-electron chi connectivity index (χ1n) is 6.64. The first-order valence-corrected chi connectivity index (χ1v) is 6.64. The van der Waals surface area contributed by atoms with Crippen LogP contribution in [0.15, 0.2) is 0 Å². The highest BCUT2D eigenvalue weighted by atomic mass is 16.4. The molecule has 14 nitrogen and oxygen atoms in total. The van der Waals surface area contributed by atoms with Crippen LogP contribution in [0.5, 0.6) is 0 Å². The van der Waals surface area contributed by atoms with Gasteiger partial charge in [0.1, 0.15) is 36.6 Å². The highest BCUT2D eigenvalue weighted by molar-refractivity contribution is 5.73. The van der Waals surface area contributed by atoms with Gasteiger partial charge in [0.25, 0.3) is 0 Å². The summed E-state index contributed by atoms with van der Waals surface area (Å²) in [5, 5.41) is 86.4. The standard InChI is InChI=1S/2C6H10O7/c2*7-1-2(8)3(9)4(10)5(11)6(12)13/h2*1-5,8-11H,(H,12,13)/t2*2-,3+,4+,5-/m00/s1. The molecule has 0 radical (unpaired) electrons. The van der Waals surface area contributed by atoms with Crippen LogP contribution in [0.2, 0.25) is 0 Å². The lowest BCUT2D eigenvalue weighted by Gasteiger charge is -2.21. The summed E-state index contributed by atoms with van der Waals surface area (Å²) in [4.78, 5) is 39.9. The molecular weight excluding hydrogens is 368 g/mol. The van der Waals surface area contributed by atoms with Crippen LogP contribution >= 0.6 is 0 Å². The number of carboxylic acids is 2. The Balaban J connectivity index is 0. The van der Waals surface area contributed by atoms with Crippen LogP contribution in [0.1, 0.15) is 0 Å². The number of hydrogen-bond donors (Lipinski definition) is 10. The quantitative estimate of drug-likeness (QED) is 0.156. The fourth-order valence-corrected chi connectivity index (χ4v) is 1.23. The molecule has 0 aromatic rings. The minimum Gasteiger partial charge on any atom is -0.479 e. The summed E-state index contributed by atoms with van der Waals surface area (Å²) >= 11 is 0. The Labute approximate surface area is 144 Å². The third kappa shape index (κ3) is 8.37. The summed E-state index contributed by atoms with van der Waals surface area (Å²) in [6.45, 7) is 0. The molecule has 0 bridgehead atoms. The average molecular weight is 388 g/mol. The normalized spacial score (nSPS) is 20.0. The Morgan fingerprint density at radius 1 is 0.538 bits per heavy atom. The number of aliphatic hydroxyl groups excluding tert-OH is 8. The van der Waals surface area contributed by atoms with Crippen molar-refractivity contribution >= 4 is 24.5 Å². The second kappa shape index (κ2) is 12.3. The maximum absolute atomic E-state index is 10.1. The second-order valence-corrected chi connectivity index (χ2v) is 4.78. The minimum atomic E-state index is -2.25. The molecule has 14 heteroatoms. The molecule has 0 unspecified atom stereocenters. The van der Waals surface area contributed by atoms with Gasteiger partial charge in [-0.25, -0.2) is 9.59 Å². The molecule has 0 aliphatic heterocycles. The summed E-state index contributed by atoms with van der Waals surface area (Å²) in [5.41, 5.74) is 0. The Bertz CT molecular complexity index is 425. The molecule has 8 atom stereocenters. The molecule has 10 N–H and O–H groups in total. The van der Waals surface area contributed by atoms with Crippen LogP contribution in [-0.4, -0.2) is 124 Å². The van der Waals surface area contributed by atoms with E-state index in [4.69, 9.17) is 51.1 Å². The van der Waals surface area contributed by atoms with E-state index in [0.717, 1.165) is 0 Å². The van der Waals surface area contributed by atoms with Gasteiger partial charge in [-0.2, -0.15) is 0 Å². The molecule has 0 aromatic heterocycles. The van der Waals surface area contributed by atoms with Crippen LogP contribution in [0.4, 0.5) is 0 Å². The van der Waals surface area contributed by atoms with Gasteiger partial charge in [-0.3, -0.25) is 0 Å². The molecule has 0 aliphatic rings. The molecule has 0 saturated carbocycles. The number of carbonyl (C=O) groups is 4. The predicted octanol–water partition coefficient (Wildman–Crippen LogP) is -6.57. The number of aliphatic hydroxyl groups is 8. The molecular formula is C12H20O14. The van der Waals surface area contributed by atoms with Gasteiger partial charge in [-0.15, -0.1) is 0 Å². The molecule has 0 saturated heterocycles. The van der Waals surface area contributed by atoms with Crippen molar-refractivity contribution in [1.82, 2.24) is 0 Å². The topological polar surface area (TPSA) is 271 Å². The Morgan fingerprint density at radius 2 is 0.769 bits per heavy atom. The number of hydrogen-bond acceptors (Lipinski definition) is 12. The van der Waals surface area contributed by atoms with Crippen LogP contribution in [0, 0.1) is 0 Å². The van der Waals surface area contributed by atoms with Crippen molar-refractivity contribution in [1.29, 1.82) is 0 Å². The molecule has 0 spiro atoms. The van der Waals surface area contributed by atoms with Gasteiger partial charge >= 0.3 is 11.9 Å². The monoisotopic (exact) mass is 388 g/mol. The fraction of sp³-hybridized carbons (Fsp3) is 0.667. The molecule has 0 fully saturated rings. The maximum Gasteiger partial charge on any atom is 0.335 e. The summed E-state index contributed by atoms with van der Waals surface area (Å²) in [6, 6.07) is 0. The highest BCUT2D eigenvalue weighted by Gasteiger charge is 2.34. The van der Waals surface area contributed by atoms with Gasteiger partial charge in [-0.05, 0) is 0 Å². The Hall–Kier alpha value is -2.04. The molecule has 26 heavy (non-hydrogen) atoms. The van der Waals surface area contributed by atoms with Gasteiger partial charge < -0.3 is 60.7 Å². The SMILES string of the molecule is O=C[C@H](O)[C@@H](O)[C@@H](O)[C@H](O)C(=O)O.O=C[C@H](O)[C@@H](O)[C@@H](O)[C@H](O)C(=O)O. The molecule has 0 aliphatic carbocycles. The van der Waals surface area contributed by atoms with Crippen molar-refractivity contribution in [2.45, 2.75) is 48.8 Å². The van der Waals surface area contributed by atoms with E-state index in [2.05, 4.69) is 0 Å². The van der Waals surface area contributed by atoms with E-state index in [1.165, 1.54) is 0 Å². The molecule has 0 amide bonds. The Kier molecular flexibility index (Phi) is 12.4. The van der Waals surface area contributed by atoms with E-state index in [-0.39, 0.29) is 12.6 Å². The van der Waals surface area contributed by atoms with Crippen LogP contribution in [-0.2, 0) is 19.2 Å². The minimum absolute atomic E-state index is 0.0809.